The molecule has 1 saturated heterocycles. The van der Waals surface area contributed by atoms with E-state index in [0.29, 0.717) is 37.1 Å². The van der Waals surface area contributed by atoms with Crippen LogP contribution in [0.4, 0.5) is 0 Å². The van der Waals surface area contributed by atoms with Crippen LogP contribution in [0.3, 0.4) is 0 Å². The maximum Gasteiger partial charge on any atom is 0.323 e. The third kappa shape index (κ3) is 4.21. The zero-order chi connectivity index (χ0) is 19.4. The summed E-state index contributed by atoms with van der Waals surface area (Å²) in [6.07, 6.45) is 3.52. The Morgan fingerprint density at radius 3 is 2.19 bits per heavy atom. The van der Waals surface area contributed by atoms with E-state index in [1.165, 1.54) is 4.90 Å². The van der Waals surface area contributed by atoms with Crippen LogP contribution in [0.1, 0.15) is 60.2 Å². The number of imide groups is 1. The molecule has 0 unspecified atom stereocenters. The molecule has 0 saturated carbocycles. The Bertz CT molecular complexity index is 675. The van der Waals surface area contributed by atoms with Crippen molar-refractivity contribution in [2.45, 2.75) is 45.6 Å². The smallest absolute Gasteiger partial charge is 0.323 e. The average molecular weight is 372 g/mol. The lowest BCUT2D eigenvalue weighted by Crippen LogP contribution is -2.44. The predicted molar refractivity (Wildman–Crippen MR) is 101 cm³/mol. The number of nitrogens with zero attached hydrogens (tertiary/aromatic N) is 2. The number of carbonyl (C=O) groups excluding carboxylic acids is 3. The Kier molecular flexibility index (Phi) is 6.26. The number of rotatable bonds is 8. The number of likely N-dealkylation sites (tertiary alicyclic amines) is 1. The van der Waals surface area contributed by atoms with Crippen molar-refractivity contribution in [1.29, 1.82) is 0 Å². The van der Waals surface area contributed by atoms with Crippen LogP contribution < -0.4 is 0 Å². The van der Waals surface area contributed by atoms with Crippen LogP contribution in [0.15, 0.2) is 24.3 Å². The molecule has 0 aliphatic carbocycles. The molecule has 2 heterocycles. The van der Waals surface area contributed by atoms with Crippen molar-refractivity contribution < 1.29 is 19.1 Å². The van der Waals surface area contributed by atoms with Gasteiger partial charge >= 0.3 is 5.97 Å². The second kappa shape index (κ2) is 8.65. The van der Waals surface area contributed by atoms with Crippen LogP contribution in [0.5, 0.6) is 0 Å². The number of unbranched alkanes of at least 4 members (excludes halogenated alkanes) is 1. The minimum absolute atomic E-state index is 0.160. The maximum absolute atomic E-state index is 12.5. The Labute approximate surface area is 160 Å². The van der Waals surface area contributed by atoms with Gasteiger partial charge in [-0.2, -0.15) is 0 Å². The Morgan fingerprint density at radius 2 is 1.63 bits per heavy atom. The number of fused-ring (bicyclic) bond motifs is 1. The van der Waals surface area contributed by atoms with E-state index >= 15 is 0 Å². The molecule has 1 fully saturated rings. The zero-order valence-corrected chi connectivity index (χ0v) is 16.1. The number of hydrogen-bond acceptors (Lipinski definition) is 5. The van der Waals surface area contributed by atoms with E-state index < -0.39 is 0 Å². The highest BCUT2D eigenvalue weighted by atomic mass is 16.5. The van der Waals surface area contributed by atoms with Gasteiger partial charge in [-0.25, -0.2) is 0 Å². The second-order valence-electron chi connectivity index (χ2n) is 7.61. The van der Waals surface area contributed by atoms with Gasteiger partial charge in [0, 0.05) is 6.54 Å². The van der Waals surface area contributed by atoms with Crippen molar-refractivity contribution >= 4 is 17.8 Å². The SMILES string of the molecule is CC(C)[C@H](C(=O)OCCCCN1C(=O)c2ccccc2C1=O)N1CCCC1. The standard InChI is InChI=1S/C21H28N2O4/c1-15(2)18(22-11-5-6-12-22)21(26)27-14-8-7-13-23-19(24)16-9-3-4-10-17(16)20(23)25/h3-4,9-10,15,18H,5-8,11-14H2,1-2H3/t18-/m1/s1. The van der Waals surface area contributed by atoms with Crippen molar-refractivity contribution in [2.75, 3.05) is 26.2 Å². The quantitative estimate of drug-likeness (QED) is 0.399. The minimum Gasteiger partial charge on any atom is -0.465 e. The number of amides is 2. The molecule has 146 valence electrons. The van der Waals surface area contributed by atoms with Gasteiger partial charge in [-0.1, -0.05) is 26.0 Å². The lowest BCUT2D eigenvalue weighted by atomic mass is 10.0. The fraction of sp³-hybridized carbons (Fsp3) is 0.571. The molecule has 6 heteroatoms. The number of ether oxygens (including phenoxy) is 1. The first-order chi connectivity index (χ1) is 13.0. The summed E-state index contributed by atoms with van der Waals surface area (Å²) in [6.45, 7) is 6.68. The summed E-state index contributed by atoms with van der Waals surface area (Å²) < 4.78 is 5.49. The summed E-state index contributed by atoms with van der Waals surface area (Å²) in [5.74, 6) is -0.412. The van der Waals surface area contributed by atoms with Crippen LogP contribution in [-0.4, -0.2) is 59.9 Å². The molecular weight excluding hydrogens is 344 g/mol. The fourth-order valence-electron chi connectivity index (χ4n) is 3.93. The number of hydrogen-bond donors (Lipinski definition) is 0. The van der Waals surface area contributed by atoms with Gasteiger partial charge in [0.15, 0.2) is 0 Å². The molecule has 0 radical (unpaired) electrons. The van der Waals surface area contributed by atoms with E-state index in [1.807, 2.05) is 13.8 Å². The highest BCUT2D eigenvalue weighted by Gasteiger charge is 2.35. The van der Waals surface area contributed by atoms with Crippen LogP contribution in [0, 0.1) is 5.92 Å². The first kappa shape index (κ1) is 19.5. The van der Waals surface area contributed by atoms with Crippen LogP contribution in [-0.2, 0) is 9.53 Å². The monoisotopic (exact) mass is 372 g/mol. The molecule has 0 aromatic heterocycles. The first-order valence-electron chi connectivity index (χ1n) is 9.86. The fourth-order valence-corrected chi connectivity index (χ4v) is 3.93. The molecule has 6 nitrogen and oxygen atoms in total. The lowest BCUT2D eigenvalue weighted by Gasteiger charge is -2.28. The summed E-state index contributed by atoms with van der Waals surface area (Å²) >= 11 is 0. The van der Waals surface area contributed by atoms with Crippen LogP contribution >= 0.6 is 0 Å². The largest absolute Gasteiger partial charge is 0.465 e. The van der Waals surface area contributed by atoms with E-state index in [-0.39, 0.29) is 29.7 Å². The van der Waals surface area contributed by atoms with Crippen molar-refractivity contribution in [1.82, 2.24) is 9.80 Å². The molecule has 1 aromatic carbocycles. The van der Waals surface area contributed by atoms with Crippen molar-refractivity contribution in [3.05, 3.63) is 35.4 Å². The Hall–Kier alpha value is -2.21. The van der Waals surface area contributed by atoms with Gasteiger partial charge in [-0.15, -0.1) is 0 Å². The van der Waals surface area contributed by atoms with Crippen LogP contribution in [0.25, 0.3) is 0 Å². The highest BCUT2D eigenvalue weighted by molar-refractivity contribution is 6.21. The molecule has 2 aliphatic heterocycles. The lowest BCUT2D eigenvalue weighted by molar-refractivity contribution is -0.151. The van der Waals surface area contributed by atoms with E-state index in [1.54, 1.807) is 24.3 Å². The second-order valence-corrected chi connectivity index (χ2v) is 7.61. The summed E-state index contributed by atoms with van der Waals surface area (Å²) in [6, 6.07) is 6.71. The molecule has 1 aromatic rings. The average Bonchev–Trinajstić information content (AvgIpc) is 3.24. The van der Waals surface area contributed by atoms with Gasteiger partial charge in [0.05, 0.1) is 17.7 Å². The van der Waals surface area contributed by atoms with Crippen LogP contribution in [0.2, 0.25) is 0 Å². The van der Waals surface area contributed by atoms with Crippen molar-refractivity contribution in [3.63, 3.8) is 0 Å². The molecular formula is C21H28N2O4. The number of benzene rings is 1. The topological polar surface area (TPSA) is 66.9 Å². The molecule has 2 amide bonds. The van der Waals surface area contributed by atoms with E-state index in [2.05, 4.69) is 4.90 Å². The number of carbonyl (C=O) groups is 3. The maximum atomic E-state index is 12.5. The van der Waals surface area contributed by atoms with Gasteiger partial charge < -0.3 is 4.74 Å². The molecule has 1 atom stereocenters. The van der Waals surface area contributed by atoms with Gasteiger partial charge in [-0.05, 0) is 56.8 Å². The van der Waals surface area contributed by atoms with Gasteiger partial charge in [0.25, 0.3) is 11.8 Å². The molecule has 0 bridgehead atoms. The first-order valence-corrected chi connectivity index (χ1v) is 9.86. The Balaban J connectivity index is 1.42. The molecule has 2 aliphatic rings. The summed E-state index contributed by atoms with van der Waals surface area (Å²) in [5.41, 5.74) is 0.943. The van der Waals surface area contributed by atoms with Gasteiger partial charge in [0.1, 0.15) is 6.04 Å². The molecule has 3 rings (SSSR count). The highest BCUT2D eigenvalue weighted by Crippen LogP contribution is 2.23. The molecule has 0 spiro atoms. The summed E-state index contributed by atoms with van der Waals surface area (Å²) in [7, 11) is 0. The van der Waals surface area contributed by atoms with Gasteiger partial charge in [0.2, 0.25) is 0 Å². The zero-order valence-electron chi connectivity index (χ0n) is 16.1. The third-order valence-electron chi connectivity index (χ3n) is 5.31. The summed E-state index contributed by atoms with van der Waals surface area (Å²) in [4.78, 5) is 40.6. The van der Waals surface area contributed by atoms with Crippen molar-refractivity contribution in [2.24, 2.45) is 5.92 Å². The minimum atomic E-state index is -0.235. The van der Waals surface area contributed by atoms with E-state index in [9.17, 15) is 14.4 Å². The predicted octanol–water partition coefficient (Wildman–Crippen LogP) is 2.73. The van der Waals surface area contributed by atoms with Gasteiger partial charge in [-0.3, -0.25) is 24.2 Å². The van der Waals surface area contributed by atoms with E-state index in [4.69, 9.17) is 4.74 Å². The van der Waals surface area contributed by atoms with E-state index in [0.717, 1.165) is 25.9 Å². The third-order valence-corrected chi connectivity index (χ3v) is 5.31. The molecule has 0 N–H and O–H groups in total. The summed E-state index contributed by atoms with van der Waals surface area (Å²) in [5, 5.41) is 0. The molecule has 27 heavy (non-hydrogen) atoms. The Morgan fingerprint density at radius 1 is 1.04 bits per heavy atom. The number of esters is 1. The normalized spacial score (nSPS) is 18.3. The van der Waals surface area contributed by atoms with Crippen molar-refractivity contribution in [3.8, 4) is 0 Å².